The van der Waals surface area contributed by atoms with Crippen molar-refractivity contribution in [2.24, 2.45) is 0 Å². The highest BCUT2D eigenvalue weighted by molar-refractivity contribution is 7.90. The van der Waals surface area contributed by atoms with Gasteiger partial charge in [-0.3, -0.25) is 14.5 Å². The second-order valence-corrected chi connectivity index (χ2v) is 7.28. The minimum atomic E-state index is -3.48. The first-order valence-electron chi connectivity index (χ1n) is 7.22. The standard InChI is InChI=1S/C15H22N2O5S.ClH/c1-4-9-17(10-14(18)19)11(2)15(20)16-12-7-5-6-8-13(12)23(3,21)22;/h5-8,11H,4,9-10H2,1-3H3,(H,16,20)(H,18,19);1H. The minimum absolute atomic E-state index is 0. The van der Waals surface area contributed by atoms with Crippen LogP contribution < -0.4 is 5.32 Å². The van der Waals surface area contributed by atoms with Crippen LogP contribution in [0.3, 0.4) is 0 Å². The van der Waals surface area contributed by atoms with E-state index in [1.807, 2.05) is 6.92 Å². The maximum absolute atomic E-state index is 12.3. The van der Waals surface area contributed by atoms with Gasteiger partial charge in [-0.25, -0.2) is 8.42 Å². The van der Waals surface area contributed by atoms with Gasteiger partial charge in [-0.05, 0) is 32.0 Å². The molecule has 0 saturated heterocycles. The van der Waals surface area contributed by atoms with E-state index in [9.17, 15) is 18.0 Å². The van der Waals surface area contributed by atoms with E-state index >= 15 is 0 Å². The predicted molar refractivity (Wildman–Crippen MR) is 94.4 cm³/mol. The number of nitrogens with zero attached hydrogens (tertiary/aromatic N) is 1. The number of carboxylic acids is 1. The largest absolute Gasteiger partial charge is 0.480 e. The van der Waals surface area contributed by atoms with Gasteiger partial charge in [0.05, 0.1) is 23.2 Å². The molecule has 0 aliphatic rings. The van der Waals surface area contributed by atoms with E-state index in [-0.39, 0.29) is 29.5 Å². The van der Waals surface area contributed by atoms with E-state index in [1.54, 1.807) is 19.1 Å². The SMILES string of the molecule is CCCN(CC(=O)O)C(C)C(=O)Nc1ccccc1S(C)(=O)=O.Cl. The third kappa shape index (κ3) is 6.46. The van der Waals surface area contributed by atoms with Gasteiger partial charge in [0.2, 0.25) is 5.91 Å². The van der Waals surface area contributed by atoms with E-state index < -0.39 is 27.8 Å². The van der Waals surface area contributed by atoms with Gasteiger partial charge in [0.15, 0.2) is 9.84 Å². The third-order valence-corrected chi connectivity index (χ3v) is 4.48. The Morgan fingerprint density at radius 2 is 1.88 bits per heavy atom. The number of carbonyl (C=O) groups excluding carboxylic acids is 1. The zero-order valence-electron chi connectivity index (χ0n) is 13.9. The van der Waals surface area contributed by atoms with Crippen LogP contribution in [0.4, 0.5) is 5.69 Å². The number of hydrogen-bond acceptors (Lipinski definition) is 5. The van der Waals surface area contributed by atoms with Crippen LogP contribution in [0.1, 0.15) is 20.3 Å². The zero-order valence-corrected chi connectivity index (χ0v) is 15.5. The van der Waals surface area contributed by atoms with Crippen molar-refractivity contribution in [3.63, 3.8) is 0 Å². The Kier molecular flexibility index (Phi) is 8.95. The first kappa shape index (κ1) is 22.4. The molecule has 9 heteroatoms. The molecule has 0 aliphatic carbocycles. The van der Waals surface area contributed by atoms with Crippen LogP contribution in [-0.2, 0) is 19.4 Å². The van der Waals surface area contributed by atoms with Gasteiger partial charge in [0, 0.05) is 6.26 Å². The van der Waals surface area contributed by atoms with Crippen LogP contribution in [0.2, 0.25) is 0 Å². The summed E-state index contributed by atoms with van der Waals surface area (Å²) in [6.45, 7) is 3.68. The highest BCUT2D eigenvalue weighted by atomic mass is 35.5. The summed E-state index contributed by atoms with van der Waals surface area (Å²) in [6.07, 6.45) is 1.76. The van der Waals surface area contributed by atoms with Crippen molar-refractivity contribution in [2.45, 2.75) is 31.2 Å². The number of rotatable bonds is 8. The molecular formula is C15H23ClN2O5S. The highest BCUT2D eigenvalue weighted by Crippen LogP contribution is 2.21. The number of carboxylic acid groups (broad SMARTS) is 1. The Morgan fingerprint density at radius 3 is 2.38 bits per heavy atom. The van der Waals surface area contributed by atoms with Crippen molar-refractivity contribution in [1.82, 2.24) is 4.90 Å². The number of sulfone groups is 1. The lowest BCUT2D eigenvalue weighted by molar-refractivity contribution is -0.139. The minimum Gasteiger partial charge on any atom is -0.480 e. The van der Waals surface area contributed by atoms with Crippen molar-refractivity contribution >= 4 is 39.8 Å². The van der Waals surface area contributed by atoms with Gasteiger partial charge in [0.25, 0.3) is 0 Å². The normalized spacial score (nSPS) is 12.3. The van der Waals surface area contributed by atoms with Gasteiger partial charge in [-0.2, -0.15) is 0 Å². The molecule has 1 atom stereocenters. The first-order chi connectivity index (χ1) is 10.7. The lowest BCUT2D eigenvalue weighted by atomic mass is 10.2. The molecule has 7 nitrogen and oxygen atoms in total. The lowest BCUT2D eigenvalue weighted by Gasteiger charge is -2.26. The summed E-state index contributed by atoms with van der Waals surface area (Å²) < 4.78 is 23.5. The molecule has 0 aromatic heterocycles. The second-order valence-electron chi connectivity index (χ2n) is 5.30. The topological polar surface area (TPSA) is 104 Å². The fourth-order valence-electron chi connectivity index (χ4n) is 2.17. The predicted octanol–water partition coefficient (Wildman–Crippen LogP) is 1.64. The number of para-hydroxylation sites is 1. The van der Waals surface area contributed by atoms with Gasteiger partial charge < -0.3 is 10.4 Å². The maximum atomic E-state index is 12.3. The molecule has 1 unspecified atom stereocenters. The molecule has 0 bridgehead atoms. The van der Waals surface area contributed by atoms with Crippen molar-refractivity contribution in [3.05, 3.63) is 24.3 Å². The van der Waals surface area contributed by atoms with Gasteiger partial charge >= 0.3 is 5.97 Å². The van der Waals surface area contributed by atoms with Crippen molar-refractivity contribution < 1.29 is 23.1 Å². The van der Waals surface area contributed by atoms with E-state index in [4.69, 9.17) is 5.11 Å². The molecule has 1 aromatic carbocycles. The van der Waals surface area contributed by atoms with E-state index in [1.165, 1.54) is 17.0 Å². The lowest BCUT2D eigenvalue weighted by Crippen LogP contribution is -2.45. The van der Waals surface area contributed by atoms with Crippen LogP contribution in [0.15, 0.2) is 29.2 Å². The number of carbonyl (C=O) groups is 2. The van der Waals surface area contributed by atoms with E-state index in [0.717, 1.165) is 6.26 Å². The summed E-state index contributed by atoms with van der Waals surface area (Å²) in [6, 6.07) is 5.41. The Hall–Kier alpha value is -1.64. The molecule has 0 saturated carbocycles. The molecule has 24 heavy (non-hydrogen) atoms. The fraction of sp³-hybridized carbons (Fsp3) is 0.467. The molecule has 0 heterocycles. The first-order valence-corrected chi connectivity index (χ1v) is 9.11. The highest BCUT2D eigenvalue weighted by Gasteiger charge is 2.24. The summed E-state index contributed by atoms with van der Waals surface area (Å²) in [5.74, 6) is -1.47. The average molecular weight is 379 g/mol. The Morgan fingerprint density at radius 1 is 1.29 bits per heavy atom. The van der Waals surface area contributed by atoms with E-state index in [0.29, 0.717) is 13.0 Å². The van der Waals surface area contributed by atoms with Gasteiger partial charge in [-0.15, -0.1) is 12.4 Å². The quantitative estimate of drug-likeness (QED) is 0.712. The molecule has 1 aromatic rings. The summed E-state index contributed by atoms with van der Waals surface area (Å²) >= 11 is 0. The monoisotopic (exact) mass is 378 g/mol. The zero-order chi connectivity index (χ0) is 17.6. The Bertz CT molecular complexity index is 678. The Balaban J connectivity index is 0.00000529. The molecule has 1 rings (SSSR count). The Labute approximate surface area is 148 Å². The van der Waals surface area contributed by atoms with Crippen LogP contribution in [0, 0.1) is 0 Å². The maximum Gasteiger partial charge on any atom is 0.317 e. The van der Waals surface area contributed by atoms with Gasteiger partial charge in [0.1, 0.15) is 0 Å². The average Bonchev–Trinajstić information content (AvgIpc) is 2.45. The molecular weight excluding hydrogens is 356 g/mol. The molecule has 1 amide bonds. The molecule has 0 aliphatic heterocycles. The summed E-state index contributed by atoms with van der Waals surface area (Å²) in [4.78, 5) is 24.8. The summed E-state index contributed by atoms with van der Waals surface area (Å²) in [5, 5.41) is 11.5. The number of nitrogens with one attached hydrogen (secondary N) is 1. The van der Waals surface area contributed by atoms with Crippen LogP contribution in [-0.4, -0.2) is 55.7 Å². The number of halogens is 1. The van der Waals surface area contributed by atoms with Crippen LogP contribution in [0.25, 0.3) is 0 Å². The van der Waals surface area contributed by atoms with Crippen LogP contribution >= 0.6 is 12.4 Å². The van der Waals surface area contributed by atoms with Crippen molar-refractivity contribution in [2.75, 3.05) is 24.7 Å². The number of amides is 1. The van der Waals surface area contributed by atoms with E-state index in [2.05, 4.69) is 5.32 Å². The molecule has 136 valence electrons. The summed E-state index contributed by atoms with van der Waals surface area (Å²) in [5.41, 5.74) is 0.193. The molecule has 2 N–H and O–H groups in total. The number of benzene rings is 1. The van der Waals surface area contributed by atoms with Crippen molar-refractivity contribution in [1.29, 1.82) is 0 Å². The number of anilines is 1. The molecule has 0 fully saturated rings. The van der Waals surface area contributed by atoms with Crippen LogP contribution in [0.5, 0.6) is 0 Å². The molecule has 0 spiro atoms. The summed E-state index contributed by atoms with van der Waals surface area (Å²) in [7, 11) is -3.48. The number of hydrogen-bond donors (Lipinski definition) is 2. The number of aliphatic carboxylic acids is 1. The smallest absolute Gasteiger partial charge is 0.317 e. The third-order valence-electron chi connectivity index (χ3n) is 3.32. The fourth-order valence-corrected chi connectivity index (χ4v) is 3.01. The van der Waals surface area contributed by atoms with Crippen molar-refractivity contribution in [3.8, 4) is 0 Å². The second kappa shape index (κ2) is 9.61. The van der Waals surface area contributed by atoms with Gasteiger partial charge in [-0.1, -0.05) is 19.1 Å². The molecule has 0 radical (unpaired) electrons.